The van der Waals surface area contributed by atoms with Crippen LogP contribution in [0.4, 0.5) is 5.69 Å². The van der Waals surface area contributed by atoms with Gasteiger partial charge >= 0.3 is 0 Å². The third-order valence-corrected chi connectivity index (χ3v) is 7.34. The first-order valence-corrected chi connectivity index (χ1v) is 13.1. The molecule has 2 atom stereocenters. The molecule has 1 aliphatic rings. The average molecular weight is 526 g/mol. The maximum absolute atomic E-state index is 12.9. The van der Waals surface area contributed by atoms with Crippen molar-refractivity contribution in [1.82, 2.24) is 19.8 Å². The van der Waals surface area contributed by atoms with E-state index in [0.717, 1.165) is 39.6 Å². The number of rotatable bonds is 7. The average Bonchev–Trinajstić information content (AvgIpc) is 3.38. The largest absolute Gasteiger partial charge is 0.506 e. The first-order valence-electron chi connectivity index (χ1n) is 12.7. The van der Waals surface area contributed by atoms with Crippen LogP contribution >= 0.6 is 12.2 Å². The molecule has 1 fully saturated rings. The van der Waals surface area contributed by atoms with E-state index in [1.54, 1.807) is 12.3 Å². The highest BCUT2D eigenvalue weighted by Crippen LogP contribution is 2.42. The van der Waals surface area contributed by atoms with E-state index in [2.05, 4.69) is 31.2 Å². The summed E-state index contributed by atoms with van der Waals surface area (Å²) in [5.41, 5.74) is 6.52. The molecule has 1 amide bonds. The number of aryl methyl sites for hydroxylation is 2. The number of hydrogen-bond acceptors (Lipinski definition) is 4. The molecule has 0 saturated carbocycles. The van der Waals surface area contributed by atoms with Gasteiger partial charge in [-0.1, -0.05) is 30.3 Å². The van der Waals surface area contributed by atoms with Gasteiger partial charge in [-0.3, -0.25) is 9.78 Å². The summed E-state index contributed by atoms with van der Waals surface area (Å²) in [5.74, 6) is 0.144. The number of phenolic OH excluding ortho intramolecular Hbond substituents is 1. The molecular weight excluding hydrogens is 494 g/mol. The number of amides is 1. The molecule has 3 heterocycles. The van der Waals surface area contributed by atoms with Crippen molar-refractivity contribution in [3.63, 3.8) is 0 Å². The molecule has 0 aliphatic carbocycles. The fourth-order valence-corrected chi connectivity index (χ4v) is 5.60. The van der Waals surface area contributed by atoms with Crippen molar-refractivity contribution in [2.24, 2.45) is 0 Å². The Bertz CT molecular complexity index is 1480. The molecule has 8 heteroatoms. The standard InChI is InChI=1S/C30H31N5O2S/c1-19-9-8-10-22(17-19)32-27(37)14-16-34-29(28(33-30(34)38)24-11-6-7-15-31-24)23-18-20(2)35(21(23)3)25-12-4-5-13-26(25)36/h4-13,15,17-18,28-29,36H,14,16H2,1-3H3,(H,32,37)(H,33,38)/t28-,29+/m0/s1. The molecule has 0 spiro atoms. The maximum atomic E-state index is 12.9. The zero-order chi connectivity index (χ0) is 26.8. The molecule has 5 rings (SSSR count). The minimum absolute atomic E-state index is 0.0712. The number of aromatic nitrogens is 2. The second-order valence-corrected chi connectivity index (χ2v) is 10.0. The SMILES string of the molecule is Cc1cccc(NC(=O)CCN2C(=S)N[C@@H](c3ccccn3)[C@H]2c2cc(C)n(-c3ccccc3O)c2C)c1. The third kappa shape index (κ3) is 4.99. The zero-order valence-electron chi connectivity index (χ0n) is 21.7. The number of nitrogens with one attached hydrogen (secondary N) is 2. The van der Waals surface area contributed by atoms with Gasteiger partial charge in [-0.25, -0.2) is 0 Å². The van der Waals surface area contributed by atoms with Gasteiger partial charge in [-0.2, -0.15) is 0 Å². The highest BCUT2D eigenvalue weighted by Gasteiger charge is 2.41. The Morgan fingerprint density at radius 2 is 1.84 bits per heavy atom. The predicted molar refractivity (Wildman–Crippen MR) is 153 cm³/mol. The van der Waals surface area contributed by atoms with E-state index in [1.165, 1.54) is 0 Å². The molecule has 1 aliphatic heterocycles. The number of para-hydroxylation sites is 2. The monoisotopic (exact) mass is 525 g/mol. The van der Waals surface area contributed by atoms with Crippen molar-refractivity contribution in [2.45, 2.75) is 39.3 Å². The minimum Gasteiger partial charge on any atom is -0.506 e. The molecule has 194 valence electrons. The number of carbonyl (C=O) groups excluding carboxylic acids is 1. The van der Waals surface area contributed by atoms with Crippen LogP contribution in [0.15, 0.2) is 79.0 Å². The first-order chi connectivity index (χ1) is 18.3. The Hall–Kier alpha value is -4.17. The normalized spacial score (nSPS) is 16.9. The number of nitrogens with zero attached hydrogens (tertiary/aromatic N) is 3. The van der Waals surface area contributed by atoms with Crippen LogP contribution < -0.4 is 10.6 Å². The van der Waals surface area contributed by atoms with E-state index in [9.17, 15) is 9.90 Å². The second kappa shape index (κ2) is 10.7. The molecule has 2 aromatic carbocycles. The minimum atomic E-state index is -0.193. The van der Waals surface area contributed by atoms with Crippen LogP contribution in [-0.4, -0.2) is 37.1 Å². The van der Waals surface area contributed by atoms with Crippen molar-refractivity contribution in [1.29, 1.82) is 0 Å². The number of pyridine rings is 1. The summed E-state index contributed by atoms with van der Waals surface area (Å²) >= 11 is 5.80. The molecule has 38 heavy (non-hydrogen) atoms. The quantitative estimate of drug-likeness (QED) is 0.276. The molecule has 0 unspecified atom stereocenters. The van der Waals surface area contributed by atoms with Gasteiger partial charge in [-0.05, 0) is 86.6 Å². The molecule has 0 bridgehead atoms. The predicted octanol–water partition coefficient (Wildman–Crippen LogP) is 5.50. The van der Waals surface area contributed by atoms with Gasteiger partial charge in [0.25, 0.3) is 0 Å². The number of benzene rings is 2. The summed E-state index contributed by atoms with van der Waals surface area (Å²) in [6.45, 7) is 6.52. The van der Waals surface area contributed by atoms with E-state index in [0.29, 0.717) is 11.7 Å². The lowest BCUT2D eigenvalue weighted by Crippen LogP contribution is -2.32. The number of hydrogen-bond donors (Lipinski definition) is 3. The van der Waals surface area contributed by atoms with Crippen molar-refractivity contribution in [3.05, 3.63) is 107 Å². The van der Waals surface area contributed by atoms with Crippen molar-refractivity contribution in [2.75, 3.05) is 11.9 Å². The van der Waals surface area contributed by atoms with Crippen LogP contribution in [0.2, 0.25) is 0 Å². The molecule has 2 aromatic heterocycles. The maximum Gasteiger partial charge on any atom is 0.226 e. The third-order valence-electron chi connectivity index (χ3n) is 6.99. The summed E-state index contributed by atoms with van der Waals surface area (Å²) < 4.78 is 2.06. The van der Waals surface area contributed by atoms with Gasteiger partial charge in [0.1, 0.15) is 5.75 Å². The van der Waals surface area contributed by atoms with Gasteiger partial charge in [0.2, 0.25) is 5.91 Å². The highest BCUT2D eigenvalue weighted by molar-refractivity contribution is 7.80. The lowest BCUT2D eigenvalue weighted by Gasteiger charge is -2.28. The van der Waals surface area contributed by atoms with Crippen LogP contribution in [0.25, 0.3) is 5.69 Å². The van der Waals surface area contributed by atoms with E-state index in [-0.39, 0.29) is 30.2 Å². The molecule has 0 radical (unpaired) electrons. The second-order valence-electron chi connectivity index (χ2n) is 9.64. The van der Waals surface area contributed by atoms with Crippen LogP contribution in [0.3, 0.4) is 0 Å². The van der Waals surface area contributed by atoms with Crippen molar-refractivity contribution < 1.29 is 9.90 Å². The van der Waals surface area contributed by atoms with Gasteiger partial charge in [0.15, 0.2) is 5.11 Å². The number of phenols is 1. The fraction of sp³-hybridized carbons (Fsp3) is 0.233. The van der Waals surface area contributed by atoms with Gasteiger partial charge in [0, 0.05) is 36.2 Å². The molecule has 3 N–H and O–H groups in total. The number of thiocarbonyl (C=S) groups is 1. The topological polar surface area (TPSA) is 82.4 Å². The lowest BCUT2D eigenvalue weighted by molar-refractivity contribution is -0.116. The molecule has 1 saturated heterocycles. The van der Waals surface area contributed by atoms with Crippen LogP contribution in [-0.2, 0) is 4.79 Å². The number of carbonyl (C=O) groups is 1. The Kier molecular flexibility index (Phi) is 7.15. The summed E-state index contributed by atoms with van der Waals surface area (Å²) in [4.78, 5) is 19.6. The van der Waals surface area contributed by atoms with Crippen LogP contribution in [0.1, 0.15) is 46.7 Å². The Morgan fingerprint density at radius 1 is 1.05 bits per heavy atom. The lowest BCUT2D eigenvalue weighted by atomic mass is 9.96. The summed E-state index contributed by atoms with van der Waals surface area (Å²) in [6.07, 6.45) is 2.06. The van der Waals surface area contributed by atoms with E-state index >= 15 is 0 Å². The van der Waals surface area contributed by atoms with E-state index in [4.69, 9.17) is 12.2 Å². The van der Waals surface area contributed by atoms with E-state index in [1.807, 2.05) is 81.4 Å². The number of anilines is 1. The molecule has 7 nitrogen and oxygen atoms in total. The first kappa shape index (κ1) is 25.5. The number of aromatic hydroxyl groups is 1. The molecule has 4 aromatic rings. The Balaban J connectivity index is 1.48. The van der Waals surface area contributed by atoms with Crippen molar-refractivity contribution >= 4 is 28.9 Å². The summed E-state index contributed by atoms with van der Waals surface area (Å²) in [5, 5.41) is 17.6. The Labute approximate surface area is 228 Å². The van der Waals surface area contributed by atoms with E-state index < -0.39 is 0 Å². The fourth-order valence-electron chi connectivity index (χ4n) is 5.26. The zero-order valence-corrected chi connectivity index (χ0v) is 22.5. The van der Waals surface area contributed by atoms with Crippen LogP contribution in [0, 0.1) is 20.8 Å². The van der Waals surface area contributed by atoms with Gasteiger partial charge in [-0.15, -0.1) is 0 Å². The Morgan fingerprint density at radius 3 is 2.58 bits per heavy atom. The highest BCUT2D eigenvalue weighted by atomic mass is 32.1. The summed E-state index contributed by atoms with van der Waals surface area (Å²) in [6, 6.07) is 22.7. The van der Waals surface area contributed by atoms with Crippen molar-refractivity contribution in [3.8, 4) is 11.4 Å². The van der Waals surface area contributed by atoms with Gasteiger partial charge in [0.05, 0.1) is 23.5 Å². The van der Waals surface area contributed by atoms with Crippen LogP contribution in [0.5, 0.6) is 5.75 Å². The summed E-state index contributed by atoms with van der Waals surface area (Å²) in [7, 11) is 0. The smallest absolute Gasteiger partial charge is 0.226 e. The molecular formula is C30H31N5O2S. The van der Waals surface area contributed by atoms with Gasteiger partial charge < -0.3 is 25.2 Å².